The standard InChI is InChI=1S/C16H20N6O2/c23-9-16-8-18-15(22(16)5-6-24-10-16)17-7-12-1-3-13(4-2-12)14-19-11-20-21-14/h1-4,11,23H,5-10H2,(H,17,18)(H,19,20,21). The third-order valence-corrected chi connectivity index (χ3v) is 4.57. The molecule has 1 unspecified atom stereocenters. The Bertz CT molecular complexity index is 715. The lowest BCUT2D eigenvalue weighted by atomic mass is 10.00. The van der Waals surface area contributed by atoms with Gasteiger partial charge in [0, 0.05) is 18.7 Å². The van der Waals surface area contributed by atoms with E-state index in [0.717, 1.165) is 29.5 Å². The second-order valence-corrected chi connectivity index (χ2v) is 6.11. The Morgan fingerprint density at radius 3 is 2.96 bits per heavy atom. The van der Waals surface area contributed by atoms with Crippen LogP contribution in [-0.4, -0.2) is 69.6 Å². The highest BCUT2D eigenvalue weighted by Crippen LogP contribution is 2.25. The molecular weight excluding hydrogens is 308 g/mol. The number of H-pyrrole nitrogens is 1. The Morgan fingerprint density at radius 1 is 1.33 bits per heavy atom. The number of morpholine rings is 1. The molecule has 2 aliphatic rings. The van der Waals surface area contributed by atoms with Crippen LogP contribution >= 0.6 is 0 Å². The summed E-state index contributed by atoms with van der Waals surface area (Å²) in [6.07, 6.45) is 1.50. The summed E-state index contributed by atoms with van der Waals surface area (Å²) in [5.74, 6) is 1.60. The van der Waals surface area contributed by atoms with Crippen molar-refractivity contribution in [1.29, 1.82) is 0 Å². The molecule has 8 heteroatoms. The van der Waals surface area contributed by atoms with Gasteiger partial charge in [0.2, 0.25) is 0 Å². The number of nitrogens with zero attached hydrogens (tertiary/aromatic N) is 4. The molecule has 1 saturated heterocycles. The maximum absolute atomic E-state index is 9.74. The first-order valence-electron chi connectivity index (χ1n) is 8.00. The van der Waals surface area contributed by atoms with Crippen molar-refractivity contribution in [2.24, 2.45) is 4.99 Å². The first kappa shape index (κ1) is 15.1. The Hall–Kier alpha value is -2.45. The molecule has 2 aliphatic heterocycles. The molecule has 3 heterocycles. The van der Waals surface area contributed by atoms with E-state index in [-0.39, 0.29) is 6.61 Å². The molecule has 0 amide bonds. The smallest absolute Gasteiger partial charge is 0.195 e. The highest BCUT2D eigenvalue weighted by molar-refractivity contribution is 5.83. The van der Waals surface area contributed by atoms with Crippen molar-refractivity contribution in [2.45, 2.75) is 12.1 Å². The maximum Gasteiger partial charge on any atom is 0.195 e. The zero-order valence-corrected chi connectivity index (χ0v) is 13.3. The van der Waals surface area contributed by atoms with E-state index in [2.05, 4.69) is 42.5 Å². The number of aromatic amines is 1. The van der Waals surface area contributed by atoms with Gasteiger partial charge in [-0.25, -0.2) is 4.98 Å². The fourth-order valence-corrected chi connectivity index (χ4v) is 3.14. The van der Waals surface area contributed by atoms with E-state index in [1.165, 1.54) is 6.33 Å². The minimum Gasteiger partial charge on any atom is -0.394 e. The molecule has 1 aromatic heterocycles. The van der Waals surface area contributed by atoms with Crippen LogP contribution in [0.1, 0.15) is 5.56 Å². The van der Waals surface area contributed by atoms with Gasteiger partial charge in [0.25, 0.3) is 0 Å². The molecule has 126 valence electrons. The summed E-state index contributed by atoms with van der Waals surface area (Å²) in [5.41, 5.74) is 1.76. The molecule has 4 rings (SSSR count). The minimum absolute atomic E-state index is 0.0492. The lowest BCUT2D eigenvalue weighted by molar-refractivity contribution is -0.0467. The number of fused-ring (bicyclic) bond motifs is 1. The number of nitrogens with one attached hydrogen (secondary N) is 2. The number of aromatic nitrogens is 3. The summed E-state index contributed by atoms with van der Waals surface area (Å²) < 4.78 is 5.52. The van der Waals surface area contributed by atoms with Crippen LogP contribution in [0.4, 0.5) is 0 Å². The van der Waals surface area contributed by atoms with Crippen molar-refractivity contribution < 1.29 is 9.84 Å². The van der Waals surface area contributed by atoms with Gasteiger partial charge in [-0.05, 0) is 5.56 Å². The lowest BCUT2D eigenvalue weighted by Gasteiger charge is -2.41. The summed E-state index contributed by atoms with van der Waals surface area (Å²) in [6.45, 7) is 3.22. The van der Waals surface area contributed by atoms with Crippen LogP contribution in [0.15, 0.2) is 35.6 Å². The molecule has 1 atom stereocenters. The number of hydrogen-bond acceptors (Lipinski definition) is 7. The van der Waals surface area contributed by atoms with Crippen molar-refractivity contribution in [3.05, 3.63) is 36.2 Å². The van der Waals surface area contributed by atoms with Gasteiger partial charge in [-0.1, -0.05) is 24.3 Å². The number of rotatable bonds is 4. The van der Waals surface area contributed by atoms with Crippen LogP contribution in [0.3, 0.4) is 0 Å². The van der Waals surface area contributed by atoms with Crippen LogP contribution < -0.4 is 5.32 Å². The fraction of sp³-hybridized carbons (Fsp3) is 0.438. The fourth-order valence-electron chi connectivity index (χ4n) is 3.14. The second kappa shape index (κ2) is 6.21. The van der Waals surface area contributed by atoms with Crippen molar-refractivity contribution >= 4 is 5.96 Å². The van der Waals surface area contributed by atoms with E-state index in [4.69, 9.17) is 4.74 Å². The van der Waals surface area contributed by atoms with Crippen molar-refractivity contribution in [2.75, 3.05) is 32.9 Å². The number of hydrogen-bond donors (Lipinski definition) is 3. The van der Waals surface area contributed by atoms with Crippen LogP contribution in [0.5, 0.6) is 0 Å². The van der Waals surface area contributed by atoms with Crippen molar-refractivity contribution in [3.8, 4) is 11.4 Å². The topological polar surface area (TPSA) is 98.7 Å². The summed E-state index contributed by atoms with van der Waals surface area (Å²) in [5, 5.41) is 19.8. The van der Waals surface area contributed by atoms with E-state index in [9.17, 15) is 5.11 Å². The average molecular weight is 328 g/mol. The van der Waals surface area contributed by atoms with Crippen molar-refractivity contribution in [1.82, 2.24) is 25.4 Å². The average Bonchev–Trinajstić information content (AvgIpc) is 3.29. The van der Waals surface area contributed by atoms with E-state index >= 15 is 0 Å². The molecule has 0 radical (unpaired) electrons. The predicted octanol–water partition coefficient (Wildman–Crippen LogP) is -0.00580. The molecule has 8 nitrogen and oxygen atoms in total. The predicted molar refractivity (Wildman–Crippen MR) is 88.3 cm³/mol. The van der Waals surface area contributed by atoms with Gasteiger partial charge in [-0.15, -0.1) is 0 Å². The molecule has 0 saturated carbocycles. The summed E-state index contributed by atoms with van der Waals surface area (Å²) in [6, 6.07) is 8.14. The number of aliphatic hydroxyl groups is 1. The summed E-state index contributed by atoms with van der Waals surface area (Å²) in [7, 11) is 0. The first-order chi connectivity index (χ1) is 11.8. The normalized spacial score (nSPS) is 23.0. The molecule has 3 N–H and O–H groups in total. The van der Waals surface area contributed by atoms with Crippen LogP contribution in [-0.2, 0) is 11.3 Å². The van der Waals surface area contributed by atoms with Crippen molar-refractivity contribution in [3.63, 3.8) is 0 Å². The third-order valence-electron chi connectivity index (χ3n) is 4.57. The highest BCUT2D eigenvalue weighted by Gasteiger charge is 2.44. The Balaban J connectivity index is 1.40. The highest BCUT2D eigenvalue weighted by atomic mass is 16.5. The van der Waals surface area contributed by atoms with Gasteiger partial charge in [-0.2, -0.15) is 5.10 Å². The maximum atomic E-state index is 9.74. The van der Waals surface area contributed by atoms with Gasteiger partial charge in [0.05, 0.1) is 26.4 Å². The molecule has 1 fully saturated rings. The summed E-state index contributed by atoms with van der Waals surface area (Å²) in [4.78, 5) is 10.8. The second-order valence-electron chi connectivity index (χ2n) is 6.11. The van der Waals surface area contributed by atoms with Gasteiger partial charge in [0.15, 0.2) is 11.8 Å². The Labute approximate surface area is 139 Å². The van der Waals surface area contributed by atoms with Gasteiger partial charge in [0.1, 0.15) is 11.9 Å². The third kappa shape index (κ3) is 2.63. The van der Waals surface area contributed by atoms with Crippen LogP contribution in [0.25, 0.3) is 11.4 Å². The zero-order valence-electron chi connectivity index (χ0n) is 13.3. The zero-order chi connectivity index (χ0) is 16.4. The number of benzene rings is 1. The molecule has 0 bridgehead atoms. The van der Waals surface area contributed by atoms with Gasteiger partial charge < -0.3 is 20.1 Å². The molecule has 1 aromatic carbocycles. The minimum atomic E-state index is -0.392. The monoisotopic (exact) mass is 328 g/mol. The summed E-state index contributed by atoms with van der Waals surface area (Å²) >= 11 is 0. The number of guanidine groups is 1. The van der Waals surface area contributed by atoms with E-state index in [0.29, 0.717) is 26.3 Å². The molecule has 2 aromatic rings. The number of aliphatic hydroxyl groups excluding tert-OH is 1. The first-order valence-corrected chi connectivity index (χ1v) is 8.00. The van der Waals surface area contributed by atoms with Gasteiger partial charge >= 0.3 is 0 Å². The number of ether oxygens (including phenoxy) is 1. The number of aliphatic imine (C=N–C) groups is 1. The van der Waals surface area contributed by atoms with E-state index < -0.39 is 5.54 Å². The van der Waals surface area contributed by atoms with Crippen LogP contribution in [0, 0.1) is 0 Å². The quantitative estimate of drug-likeness (QED) is 0.730. The Kier molecular flexibility index (Phi) is 3.91. The SMILES string of the molecule is OCC12CN=C(NCc3ccc(-c4ncn[nH]4)cc3)N1CCOC2. The molecular formula is C16H20N6O2. The van der Waals surface area contributed by atoms with Gasteiger partial charge in [-0.3, -0.25) is 10.1 Å². The van der Waals surface area contributed by atoms with E-state index in [1.54, 1.807) is 0 Å². The Morgan fingerprint density at radius 2 is 2.21 bits per heavy atom. The lowest BCUT2D eigenvalue weighted by Crippen LogP contribution is -2.61. The molecule has 24 heavy (non-hydrogen) atoms. The largest absolute Gasteiger partial charge is 0.394 e. The molecule has 0 spiro atoms. The van der Waals surface area contributed by atoms with E-state index in [1.807, 2.05) is 12.1 Å². The molecule has 0 aliphatic carbocycles. The van der Waals surface area contributed by atoms with Crippen LogP contribution in [0.2, 0.25) is 0 Å².